The Bertz CT molecular complexity index is 1190. The van der Waals surface area contributed by atoms with Gasteiger partial charge in [-0.3, -0.25) is 10.2 Å². The van der Waals surface area contributed by atoms with E-state index in [9.17, 15) is 35.9 Å². The van der Waals surface area contributed by atoms with Crippen LogP contribution in [0.4, 0.5) is 36.8 Å². The fourth-order valence-corrected chi connectivity index (χ4v) is 3.50. The van der Waals surface area contributed by atoms with Gasteiger partial charge in [-0.25, -0.2) is 15.2 Å². The summed E-state index contributed by atoms with van der Waals surface area (Å²) in [7, 11) is 0. The molecule has 0 bridgehead atoms. The largest absolute Gasteiger partial charge is 0.573 e. The Morgan fingerprint density at radius 1 is 0.941 bits per heavy atom. The van der Waals surface area contributed by atoms with Crippen molar-refractivity contribution in [2.24, 2.45) is 0 Å². The Kier molecular flexibility index (Phi) is 7.39. The second kappa shape index (κ2) is 10.1. The minimum Gasteiger partial charge on any atom is -0.406 e. The second-order valence-corrected chi connectivity index (χ2v) is 7.53. The van der Waals surface area contributed by atoms with Crippen molar-refractivity contribution in [1.82, 2.24) is 15.8 Å². The highest BCUT2D eigenvalue weighted by molar-refractivity contribution is 8.00. The monoisotopic (exact) mass is 504 g/mol. The summed E-state index contributed by atoms with van der Waals surface area (Å²) >= 11 is 0.820. The number of fused-ring (bicyclic) bond motifs is 1. The van der Waals surface area contributed by atoms with Gasteiger partial charge in [-0.05, 0) is 36.4 Å². The fourth-order valence-electron chi connectivity index (χ4n) is 2.62. The van der Waals surface area contributed by atoms with Crippen molar-refractivity contribution >= 4 is 40.3 Å². The quantitative estimate of drug-likeness (QED) is 0.256. The van der Waals surface area contributed by atoms with Gasteiger partial charge in [0.15, 0.2) is 0 Å². The third-order valence-electron chi connectivity index (χ3n) is 3.99. The Morgan fingerprint density at radius 3 is 2.26 bits per heavy atom. The molecular weight excluding hydrogens is 490 g/mol. The molecule has 1 heterocycles. The van der Waals surface area contributed by atoms with Gasteiger partial charge in [-0.15, -0.1) is 24.9 Å². The lowest BCUT2D eigenvalue weighted by Gasteiger charge is -2.12. The third kappa shape index (κ3) is 7.16. The molecule has 0 aliphatic heterocycles. The predicted molar refractivity (Wildman–Crippen MR) is 111 cm³/mol. The number of hydrogen-bond acceptors (Lipinski definition) is 5. The van der Waals surface area contributed by atoms with E-state index in [1.54, 1.807) is 12.1 Å². The minimum absolute atomic E-state index is 0.110. The first-order valence-corrected chi connectivity index (χ1v) is 10.2. The zero-order chi connectivity index (χ0) is 24.9. The number of carbonyl (C=O) groups is 2. The number of hydrazine groups is 1. The van der Waals surface area contributed by atoms with Crippen LogP contribution in [0.5, 0.6) is 5.75 Å². The van der Waals surface area contributed by atoms with Crippen molar-refractivity contribution < 1.29 is 40.7 Å². The molecule has 34 heavy (non-hydrogen) atoms. The van der Waals surface area contributed by atoms with Gasteiger partial charge in [-0.1, -0.05) is 18.2 Å². The summed E-state index contributed by atoms with van der Waals surface area (Å²) in [5.41, 5.74) is 3.23. The lowest BCUT2D eigenvalue weighted by molar-refractivity contribution is -0.274. The summed E-state index contributed by atoms with van der Waals surface area (Å²) in [6.45, 7) is 0. The van der Waals surface area contributed by atoms with Crippen molar-refractivity contribution in [3.63, 3.8) is 0 Å². The molecule has 2 aromatic carbocycles. The van der Waals surface area contributed by atoms with E-state index in [1.807, 2.05) is 5.43 Å². The Hall–Kier alpha value is -3.68. The molecule has 0 saturated carbocycles. The summed E-state index contributed by atoms with van der Waals surface area (Å²) in [4.78, 5) is 27.6. The van der Waals surface area contributed by atoms with Gasteiger partial charge in [0.25, 0.3) is 0 Å². The number of halogens is 6. The molecule has 1 aromatic heterocycles. The third-order valence-corrected chi connectivity index (χ3v) is 5.04. The zero-order valence-corrected chi connectivity index (χ0v) is 17.6. The fraction of sp³-hybridized carbons (Fsp3) is 0.150. The summed E-state index contributed by atoms with van der Waals surface area (Å²) < 4.78 is 79.5. The number of thioether (sulfide) groups is 1. The Balaban J connectivity index is 1.54. The number of benzene rings is 2. The standard InChI is InChI=1S/C20H14F6N4O3S/c21-19(22,23)16-9-15(13-3-1-2-4-14(13)28-16)34-10-17(31)29-30-18(32)27-11-5-7-12(8-6-11)33-20(24,25)26/h1-9H,10H2,(H,29,31)(H2,27,30,32). The molecule has 14 heteroatoms. The SMILES string of the molecule is O=C(CSc1cc(C(F)(F)F)nc2ccccc12)NNC(=O)Nc1ccc(OC(F)(F)F)cc1. The normalized spacial score (nSPS) is 11.7. The van der Waals surface area contributed by atoms with E-state index in [0.29, 0.717) is 5.39 Å². The average Bonchev–Trinajstić information content (AvgIpc) is 2.75. The maximum Gasteiger partial charge on any atom is 0.573 e. The molecule has 0 aliphatic carbocycles. The van der Waals surface area contributed by atoms with Crippen molar-refractivity contribution in [3.8, 4) is 5.75 Å². The van der Waals surface area contributed by atoms with E-state index in [-0.39, 0.29) is 21.9 Å². The van der Waals surface area contributed by atoms with Gasteiger partial charge in [0.05, 0.1) is 11.3 Å². The summed E-state index contributed by atoms with van der Waals surface area (Å²) in [6, 6.07) is 10.3. The number of pyridine rings is 1. The number of nitrogens with zero attached hydrogens (tertiary/aromatic N) is 1. The molecule has 3 amide bonds. The molecule has 180 valence electrons. The maximum absolute atomic E-state index is 13.1. The van der Waals surface area contributed by atoms with E-state index in [4.69, 9.17) is 0 Å². The number of urea groups is 1. The molecule has 0 radical (unpaired) electrons. The lowest BCUT2D eigenvalue weighted by atomic mass is 10.2. The van der Waals surface area contributed by atoms with E-state index < -0.39 is 35.9 Å². The highest BCUT2D eigenvalue weighted by Gasteiger charge is 2.33. The Labute approximate surface area is 191 Å². The van der Waals surface area contributed by atoms with E-state index in [2.05, 4.69) is 20.5 Å². The van der Waals surface area contributed by atoms with Crippen LogP contribution in [0.2, 0.25) is 0 Å². The molecule has 0 atom stereocenters. The molecule has 3 aromatic rings. The number of ether oxygens (including phenoxy) is 1. The van der Waals surface area contributed by atoms with Gasteiger partial charge in [-0.2, -0.15) is 13.2 Å². The maximum atomic E-state index is 13.1. The van der Waals surface area contributed by atoms with Crippen molar-refractivity contribution in [2.45, 2.75) is 17.4 Å². The van der Waals surface area contributed by atoms with Gasteiger partial charge in [0.1, 0.15) is 11.4 Å². The van der Waals surface area contributed by atoms with Crippen LogP contribution in [0, 0.1) is 0 Å². The van der Waals surface area contributed by atoms with Crippen LogP contribution in [-0.2, 0) is 11.0 Å². The first-order chi connectivity index (χ1) is 15.9. The number of anilines is 1. The number of rotatable bonds is 5. The summed E-state index contributed by atoms with van der Waals surface area (Å²) in [5.74, 6) is -1.53. The van der Waals surface area contributed by atoms with Gasteiger partial charge >= 0.3 is 18.6 Å². The molecule has 0 fully saturated rings. The van der Waals surface area contributed by atoms with Crippen molar-refractivity contribution in [1.29, 1.82) is 0 Å². The van der Waals surface area contributed by atoms with Crippen LogP contribution in [0.15, 0.2) is 59.5 Å². The number of hydrogen-bond donors (Lipinski definition) is 3. The molecule has 0 unspecified atom stereocenters. The number of alkyl halides is 6. The van der Waals surface area contributed by atoms with Crippen LogP contribution in [0.1, 0.15) is 5.69 Å². The topological polar surface area (TPSA) is 92.4 Å². The zero-order valence-electron chi connectivity index (χ0n) is 16.8. The van der Waals surface area contributed by atoms with E-state index >= 15 is 0 Å². The van der Waals surface area contributed by atoms with Gasteiger partial charge in [0, 0.05) is 16.0 Å². The first-order valence-electron chi connectivity index (χ1n) is 9.22. The second-order valence-electron chi connectivity index (χ2n) is 6.51. The van der Waals surface area contributed by atoms with Crippen LogP contribution in [0.3, 0.4) is 0 Å². The molecule has 3 N–H and O–H groups in total. The average molecular weight is 504 g/mol. The number of nitrogens with one attached hydrogen (secondary N) is 3. The molecule has 0 aliphatic rings. The first kappa shape index (κ1) is 25.0. The number of aromatic nitrogens is 1. The van der Waals surface area contributed by atoms with Crippen molar-refractivity contribution in [2.75, 3.05) is 11.1 Å². The van der Waals surface area contributed by atoms with Gasteiger partial charge in [0.2, 0.25) is 5.91 Å². The molecule has 7 nitrogen and oxygen atoms in total. The van der Waals surface area contributed by atoms with Crippen LogP contribution >= 0.6 is 11.8 Å². The van der Waals surface area contributed by atoms with E-state index in [0.717, 1.165) is 42.1 Å². The molecule has 0 saturated heterocycles. The van der Waals surface area contributed by atoms with Crippen LogP contribution in [-0.4, -0.2) is 29.0 Å². The highest BCUT2D eigenvalue weighted by Crippen LogP contribution is 2.34. The molecular formula is C20H14F6N4O3S. The van der Waals surface area contributed by atoms with E-state index in [1.165, 1.54) is 12.1 Å². The van der Waals surface area contributed by atoms with Crippen molar-refractivity contribution in [3.05, 3.63) is 60.3 Å². The molecule has 0 spiro atoms. The van der Waals surface area contributed by atoms with Gasteiger partial charge < -0.3 is 10.1 Å². The highest BCUT2D eigenvalue weighted by atomic mass is 32.2. The number of amides is 3. The Morgan fingerprint density at radius 2 is 1.62 bits per heavy atom. The molecule has 3 rings (SSSR count). The lowest BCUT2D eigenvalue weighted by Crippen LogP contribution is -2.44. The summed E-state index contributed by atoms with van der Waals surface area (Å²) in [5, 5.41) is 2.70. The summed E-state index contributed by atoms with van der Waals surface area (Å²) in [6.07, 6.45) is -9.52. The minimum atomic E-state index is -4.86. The predicted octanol–water partition coefficient (Wildman–Crippen LogP) is 5.10. The smallest absolute Gasteiger partial charge is 0.406 e. The van der Waals surface area contributed by atoms with Crippen LogP contribution in [0.25, 0.3) is 10.9 Å². The number of carbonyl (C=O) groups excluding carboxylic acids is 2. The van der Waals surface area contributed by atoms with Crippen LogP contribution < -0.4 is 20.9 Å². The number of para-hydroxylation sites is 1.